The Labute approximate surface area is 171 Å². The van der Waals surface area contributed by atoms with Gasteiger partial charge in [0.1, 0.15) is 12.6 Å². The number of nitrogens with one attached hydrogen (secondary N) is 2. The highest BCUT2D eigenvalue weighted by Gasteiger charge is 2.43. The number of anilines is 2. The van der Waals surface area contributed by atoms with Crippen molar-refractivity contribution in [1.29, 1.82) is 0 Å². The van der Waals surface area contributed by atoms with Gasteiger partial charge in [0.15, 0.2) is 0 Å². The minimum Gasteiger partial charge on any atom is -0.372 e. The predicted molar refractivity (Wildman–Crippen MR) is 112 cm³/mol. The van der Waals surface area contributed by atoms with Gasteiger partial charge in [0, 0.05) is 24.5 Å². The summed E-state index contributed by atoms with van der Waals surface area (Å²) < 4.78 is 0. The molecule has 1 aromatic carbocycles. The zero-order valence-electron chi connectivity index (χ0n) is 16.9. The number of imide groups is 1. The third-order valence-corrected chi connectivity index (χ3v) is 6.35. The van der Waals surface area contributed by atoms with Crippen LogP contribution in [-0.2, 0) is 9.59 Å². The molecule has 1 atom stereocenters. The summed E-state index contributed by atoms with van der Waals surface area (Å²) in [5.74, 6) is -0.434. The van der Waals surface area contributed by atoms with Crippen LogP contribution in [-0.4, -0.2) is 48.4 Å². The molecule has 2 heterocycles. The second-order valence-corrected chi connectivity index (χ2v) is 8.39. The summed E-state index contributed by atoms with van der Waals surface area (Å²) in [4.78, 5) is 40.8. The Morgan fingerprint density at radius 2 is 1.62 bits per heavy atom. The van der Waals surface area contributed by atoms with Crippen LogP contribution in [0, 0.1) is 5.92 Å². The Balaban J connectivity index is 1.32. The van der Waals surface area contributed by atoms with Gasteiger partial charge < -0.3 is 15.5 Å². The van der Waals surface area contributed by atoms with Gasteiger partial charge in [-0.05, 0) is 62.3 Å². The molecule has 7 heteroatoms. The molecule has 29 heavy (non-hydrogen) atoms. The molecule has 2 N–H and O–H groups in total. The van der Waals surface area contributed by atoms with Gasteiger partial charge >= 0.3 is 6.03 Å². The lowest BCUT2D eigenvalue weighted by Crippen LogP contribution is -2.40. The van der Waals surface area contributed by atoms with Crippen molar-refractivity contribution in [2.45, 2.75) is 57.4 Å². The number of carbonyl (C=O) groups excluding carboxylic acids is 3. The van der Waals surface area contributed by atoms with E-state index in [1.165, 1.54) is 25.7 Å². The third-order valence-electron chi connectivity index (χ3n) is 6.35. The van der Waals surface area contributed by atoms with E-state index in [9.17, 15) is 14.4 Å². The molecule has 0 bridgehead atoms. The standard InChI is InChI=1S/C22H30N4O3/c27-19(23-17-9-11-18(12-10-17)25-13-5-2-6-14-25)15-26-21(28)20(24-22(26)29)16-7-3-1-4-8-16/h9-12,16,20H,1-8,13-15H2,(H,23,27)(H,24,29). The molecule has 1 saturated carbocycles. The van der Waals surface area contributed by atoms with Gasteiger partial charge in [-0.15, -0.1) is 0 Å². The highest BCUT2D eigenvalue weighted by molar-refractivity contribution is 6.08. The van der Waals surface area contributed by atoms with E-state index in [1.54, 1.807) is 0 Å². The van der Waals surface area contributed by atoms with Gasteiger partial charge in [-0.3, -0.25) is 14.5 Å². The summed E-state index contributed by atoms with van der Waals surface area (Å²) in [7, 11) is 0. The number of urea groups is 1. The number of hydrogen-bond acceptors (Lipinski definition) is 4. The van der Waals surface area contributed by atoms with Crippen LogP contribution in [0.5, 0.6) is 0 Å². The molecule has 1 unspecified atom stereocenters. The molecular formula is C22H30N4O3. The first-order valence-corrected chi connectivity index (χ1v) is 10.9. The van der Waals surface area contributed by atoms with Crippen LogP contribution in [0.1, 0.15) is 51.4 Å². The number of carbonyl (C=O) groups is 3. The molecule has 2 aliphatic heterocycles. The smallest absolute Gasteiger partial charge is 0.325 e. The Kier molecular flexibility index (Phi) is 6.02. The van der Waals surface area contributed by atoms with Crippen LogP contribution in [0.15, 0.2) is 24.3 Å². The van der Waals surface area contributed by atoms with E-state index in [1.807, 2.05) is 24.3 Å². The van der Waals surface area contributed by atoms with Crippen molar-refractivity contribution in [2.75, 3.05) is 29.9 Å². The molecule has 0 aromatic heterocycles. The van der Waals surface area contributed by atoms with Crippen molar-refractivity contribution in [2.24, 2.45) is 5.92 Å². The minimum atomic E-state index is -0.473. The summed E-state index contributed by atoms with van der Waals surface area (Å²) in [6.07, 6.45) is 9.01. The normalized spacial score (nSPS) is 23.2. The van der Waals surface area contributed by atoms with Crippen molar-refractivity contribution in [3.8, 4) is 0 Å². The quantitative estimate of drug-likeness (QED) is 0.747. The van der Waals surface area contributed by atoms with Crippen molar-refractivity contribution >= 4 is 29.2 Å². The van der Waals surface area contributed by atoms with E-state index >= 15 is 0 Å². The predicted octanol–water partition coefficient (Wildman–Crippen LogP) is 3.12. The summed E-state index contributed by atoms with van der Waals surface area (Å²) in [5.41, 5.74) is 1.83. The molecule has 156 valence electrons. The molecule has 3 aliphatic rings. The van der Waals surface area contributed by atoms with E-state index in [2.05, 4.69) is 15.5 Å². The number of benzene rings is 1. The van der Waals surface area contributed by atoms with Crippen molar-refractivity contribution in [1.82, 2.24) is 10.2 Å². The number of piperidine rings is 1. The average Bonchev–Trinajstić information content (AvgIpc) is 3.04. The summed E-state index contributed by atoms with van der Waals surface area (Å²) in [5, 5.41) is 5.59. The van der Waals surface area contributed by atoms with E-state index in [0.717, 1.165) is 49.4 Å². The molecule has 4 rings (SSSR count). The zero-order chi connectivity index (χ0) is 20.2. The fourth-order valence-electron chi connectivity index (χ4n) is 4.73. The average molecular weight is 399 g/mol. The van der Waals surface area contributed by atoms with Gasteiger partial charge in [-0.25, -0.2) is 4.79 Å². The first kappa shape index (κ1) is 19.7. The Morgan fingerprint density at radius 3 is 2.31 bits per heavy atom. The maximum atomic E-state index is 12.7. The maximum Gasteiger partial charge on any atom is 0.325 e. The lowest BCUT2D eigenvalue weighted by molar-refractivity contribution is -0.131. The molecule has 0 radical (unpaired) electrons. The molecular weight excluding hydrogens is 368 g/mol. The number of hydrogen-bond donors (Lipinski definition) is 2. The molecule has 4 amide bonds. The molecule has 1 aromatic rings. The second kappa shape index (κ2) is 8.84. The van der Waals surface area contributed by atoms with Gasteiger partial charge in [-0.2, -0.15) is 0 Å². The second-order valence-electron chi connectivity index (χ2n) is 8.39. The number of rotatable bonds is 5. The summed E-state index contributed by atoms with van der Waals surface area (Å²) in [6.45, 7) is 1.89. The third kappa shape index (κ3) is 4.54. The van der Waals surface area contributed by atoms with Crippen LogP contribution < -0.4 is 15.5 Å². The lowest BCUT2D eigenvalue weighted by Gasteiger charge is -2.28. The fraction of sp³-hybridized carbons (Fsp3) is 0.591. The van der Waals surface area contributed by atoms with E-state index in [4.69, 9.17) is 0 Å². The topological polar surface area (TPSA) is 81.8 Å². The SMILES string of the molecule is O=C(CN1C(=O)NC(C2CCCCC2)C1=O)Nc1ccc(N2CCCCC2)cc1. The van der Waals surface area contributed by atoms with Crippen LogP contribution in [0.4, 0.5) is 16.2 Å². The molecule has 2 saturated heterocycles. The lowest BCUT2D eigenvalue weighted by atomic mass is 9.84. The Morgan fingerprint density at radius 1 is 0.966 bits per heavy atom. The first-order valence-electron chi connectivity index (χ1n) is 10.9. The minimum absolute atomic E-state index is 0.190. The van der Waals surface area contributed by atoms with Crippen LogP contribution in [0.2, 0.25) is 0 Å². The Hall–Kier alpha value is -2.57. The number of nitrogens with zero attached hydrogens (tertiary/aromatic N) is 2. The van der Waals surface area contributed by atoms with Gasteiger partial charge in [0.25, 0.3) is 5.91 Å². The molecule has 3 fully saturated rings. The zero-order valence-corrected chi connectivity index (χ0v) is 16.9. The Bertz CT molecular complexity index is 752. The summed E-state index contributed by atoms with van der Waals surface area (Å²) >= 11 is 0. The van der Waals surface area contributed by atoms with Crippen molar-refractivity contribution in [3.05, 3.63) is 24.3 Å². The molecule has 7 nitrogen and oxygen atoms in total. The highest BCUT2D eigenvalue weighted by Crippen LogP contribution is 2.29. The van der Waals surface area contributed by atoms with E-state index in [0.29, 0.717) is 5.69 Å². The highest BCUT2D eigenvalue weighted by atomic mass is 16.2. The fourth-order valence-corrected chi connectivity index (χ4v) is 4.73. The van der Waals surface area contributed by atoms with Gasteiger partial charge in [0.2, 0.25) is 5.91 Å². The van der Waals surface area contributed by atoms with Crippen LogP contribution >= 0.6 is 0 Å². The number of amides is 4. The first-order chi connectivity index (χ1) is 14.1. The van der Waals surface area contributed by atoms with Crippen molar-refractivity contribution < 1.29 is 14.4 Å². The van der Waals surface area contributed by atoms with Gasteiger partial charge in [-0.1, -0.05) is 19.3 Å². The van der Waals surface area contributed by atoms with E-state index in [-0.39, 0.29) is 24.3 Å². The van der Waals surface area contributed by atoms with Crippen LogP contribution in [0.25, 0.3) is 0 Å². The van der Waals surface area contributed by atoms with Crippen LogP contribution in [0.3, 0.4) is 0 Å². The monoisotopic (exact) mass is 398 g/mol. The molecule has 0 spiro atoms. The largest absolute Gasteiger partial charge is 0.372 e. The molecule has 1 aliphatic carbocycles. The maximum absolute atomic E-state index is 12.7. The summed E-state index contributed by atoms with van der Waals surface area (Å²) in [6, 6.07) is 6.83. The van der Waals surface area contributed by atoms with E-state index < -0.39 is 12.1 Å². The van der Waals surface area contributed by atoms with Gasteiger partial charge in [0.05, 0.1) is 0 Å². The van der Waals surface area contributed by atoms with Crippen molar-refractivity contribution in [3.63, 3.8) is 0 Å².